The summed E-state index contributed by atoms with van der Waals surface area (Å²) in [7, 11) is -3.94. The van der Waals surface area contributed by atoms with Crippen molar-refractivity contribution in [3.8, 4) is 5.75 Å². The van der Waals surface area contributed by atoms with Crippen molar-refractivity contribution in [2.24, 2.45) is 17.8 Å². The van der Waals surface area contributed by atoms with E-state index in [4.69, 9.17) is 16.3 Å². The Labute approximate surface area is 293 Å². The van der Waals surface area contributed by atoms with Crippen molar-refractivity contribution in [1.82, 2.24) is 4.72 Å². The van der Waals surface area contributed by atoms with Crippen LogP contribution in [0.5, 0.6) is 5.75 Å². The molecule has 1 aliphatic carbocycles. The topological polar surface area (TPSA) is 95.9 Å². The van der Waals surface area contributed by atoms with Crippen molar-refractivity contribution in [1.29, 1.82) is 0 Å². The third-order valence-corrected chi connectivity index (χ3v) is 12.3. The van der Waals surface area contributed by atoms with E-state index in [9.17, 15) is 18.3 Å². The number of carbonyl (C=O) groups is 1. The van der Waals surface area contributed by atoms with E-state index in [1.165, 1.54) is 5.56 Å². The number of unbranched alkanes of at least 4 members (excludes halogenated alkanes) is 2. The van der Waals surface area contributed by atoms with Gasteiger partial charge < -0.3 is 14.7 Å². The normalized spacial score (nSPS) is 20.3. The number of rotatable bonds is 15. The van der Waals surface area contributed by atoms with E-state index in [2.05, 4.69) is 36.1 Å². The summed E-state index contributed by atoms with van der Waals surface area (Å²) in [6.07, 6.45) is 15.2. The number of hydrogen-bond donors (Lipinski definition) is 2. The van der Waals surface area contributed by atoms with Crippen molar-refractivity contribution in [2.75, 3.05) is 18.0 Å². The maximum atomic E-state index is 13.6. The second kappa shape index (κ2) is 18.3. The van der Waals surface area contributed by atoms with Crippen LogP contribution in [0.2, 0.25) is 5.02 Å². The van der Waals surface area contributed by atoms with Gasteiger partial charge in [-0.2, -0.15) is 0 Å². The number of hydrogen-bond acceptors (Lipinski definition) is 6. The molecule has 48 heavy (non-hydrogen) atoms. The van der Waals surface area contributed by atoms with Gasteiger partial charge in [-0.15, -0.1) is 6.58 Å². The number of nitrogens with one attached hydrogen (secondary N) is 1. The number of allylic oxidation sites excluding steroid dienone is 2. The van der Waals surface area contributed by atoms with Crippen molar-refractivity contribution in [3.05, 3.63) is 82.9 Å². The molecule has 1 saturated carbocycles. The number of aryl methyl sites for hydroxylation is 1. The van der Waals surface area contributed by atoms with Crippen LogP contribution in [0, 0.1) is 17.8 Å². The van der Waals surface area contributed by atoms with Crippen LogP contribution < -0.4 is 14.4 Å². The second-order valence-electron chi connectivity index (χ2n) is 13.6. The van der Waals surface area contributed by atoms with Crippen LogP contribution in [-0.4, -0.2) is 43.9 Å². The molecular formula is C39H55ClN2O5S. The molecule has 0 aromatic heterocycles. The maximum absolute atomic E-state index is 13.6. The number of ether oxygens (including phenoxy) is 1. The Hall–Kier alpha value is -2.81. The monoisotopic (exact) mass is 698 g/mol. The molecule has 0 unspecified atom stereocenters. The smallest absolute Gasteiger partial charge is 0.264 e. The summed E-state index contributed by atoms with van der Waals surface area (Å²) < 4.78 is 35.8. The van der Waals surface area contributed by atoms with Crippen molar-refractivity contribution in [3.63, 3.8) is 0 Å². The van der Waals surface area contributed by atoms with Gasteiger partial charge in [-0.05, 0) is 118 Å². The Bertz CT molecular complexity index is 1510. The Kier molecular flexibility index (Phi) is 14.5. The van der Waals surface area contributed by atoms with Gasteiger partial charge >= 0.3 is 0 Å². The number of sulfonamides is 1. The summed E-state index contributed by atoms with van der Waals surface area (Å²) in [6.45, 7) is 11.5. The molecule has 2 aromatic carbocycles. The molecule has 264 valence electrons. The molecule has 0 saturated heterocycles. The van der Waals surface area contributed by atoms with Gasteiger partial charge in [0.25, 0.3) is 5.91 Å². The number of fused-ring (bicyclic) bond motifs is 2. The zero-order chi connectivity index (χ0) is 34.7. The molecule has 0 radical (unpaired) electrons. The first kappa shape index (κ1) is 38.0. The minimum Gasteiger partial charge on any atom is -0.487 e. The molecule has 1 fully saturated rings. The lowest BCUT2D eigenvalue weighted by molar-refractivity contribution is 0.0461. The number of nitrogens with zero attached hydrogens (tertiary/aromatic N) is 1. The third-order valence-electron chi connectivity index (χ3n) is 10.2. The lowest BCUT2D eigenvalue weighted by Gasteiger charge is -2.42. The van der Waals surface area contributed by atoms with Gasteiger partial charge in [0.05, 0.1) is 17.0 Å². The fraction of sp³-hybridized carbons (Fsp3) is 0.564. The molecule has 7 nitrogen and oxygen atoms in total. The molecule has 2 N–H and O–H groups in total. The number of aliphatic hydroxyl groups excluding tert-OH is 1. The van der Waals surface area contributed by atoms with E-state index in [1.54, 1.807) is 31.2 Å². The summed E-state index contributed by atoms with van der Waals surface area (Å²) >= 11 is 6.35. The predicted octanol–water partition coefficient (Wildman–Crippen LogP) is 8.64. The first-order valence-corrected chi connectivity index (χ1v) is 19.8. The van der Waals surface area contributed by atoms with Gasteiger partial charge in [0.1, 0.15) is 12.4 Å². The summed E-state index contributed by atoms with van der Waals surface area (Å²) in [5.41, 5.74) is 3.27. The molecule has 9 heteroatoms. The Balaban J connectivity index is 1.63. The molecule has 1 heterocycles. The number of aliphatic hydroxyl groups is 1. The van der Waals surface area contributed by atoms with Crippen LogP contribution in [0.25, 0.3) is 0 Å². The fourth-order valence-corrected chi connectivity index (χ4v) is 8.45. The zero-order valence-electron chi connectivity index (χ0n) is 29.0. The maximum Gasteiger partial charge on any atom is 0.264 e. The standard InChI is InChI=1S/C39H55ClN2O5S/c1-5-8-10-16-37(43)35-21-18-32(35)26-42-23-12-11-15-30-24-34(40)20-17-33(30)27-47-38-22-19-31(25-36(38)42)39(44)41-48(45,46)28(4)29(13-7-3)14-9-6-2/h7,10,16-17,19-20,22,24-25,28-29,32,35,37,43H,3,5-6,8-9,11-15,18,21,23,26-27H2,1-2,4H3,(H,41,44)/b16-10+/t28-,29+,32+,35-,37+/m1/s1. The number of benzene rings is 2. The van der Waals surface area contributed by atoms with Crippen molar-refractivity contribution in [2.45, 2.75) is 109 Å². The van der Waals surface area contributed by atoms with Crippen LogP contribution in [-0.2, 0) is 23.1 Å². The van der Waals surface area contributed by atoms with Crippen LogP contribution in [0.15, 0.2) is 61.2 Å². The lowest BCUT2D eigenvalue weighted by atomic mass is 9.70. The first-order chi connectivity index (χ1) is 23.1. The molecule has 1 amide bonds. The van der Waals surface area contributed by atoms with E-state index in [-0.39, 0.29) is 23.3 Å². The highest BCUT2D eigenvalue weighted by Gasteiger charge is 2.37. The lowest BCUT2D eigenvalue weighted by Crippen LogP contribution is -2.43. The SMILES string of the molecule is C=CC[C@@H](CCCC)[C@@H](C)S(=O)(=O)NC(=O)c1ccc2c(c1)N(C[C@@H]1CC[C@H]1[C@@H](O)/C=C/CCC)CCCCc1cc(Cl)ccc1CO2. The minimum atomic E-state index is -3.94. The number of amides is 1. The van der Waals surface area contributed by atoms with E-state index < -0.39 is 27.3 Å². The summed E-state index contributed by atoms with van der Waals surface area (Å²) in [6, 6.07) is 11.1. The number of halogens is 1. The van der Waals surface area contributed by atoms with Crippen LogP contribution in [0.4, 0.5) is 5.69 Å². The largest absolute Gasteiger partial charge is 0.487 e. The van der Waals surface area contributed by atoms with Gasteiger partial charge in [0.15, 0.2) is 0 Å². The average Bonchev–Trinajstić information content (AvgIpc) is 3.07. The molecule has 2 aromatic rings. The number of anilines is 1. The molecule has 0 spiro atoms. The van der Waals surface area contributed by atoms with E-state index in [0.29, 0.717) is 30.3 Å². The van der Waals surface area contributed by atoms with E-state index in [1.807, 2.05) is 24.3 Å². The van der Waals surface area contributed by atoms with Crippen molar-refractivity contribution < 1.29 is 23.1 Å². The molecule has 1 aliphatic heterocycles. The molecular weight excluding hydrogens is 644 g/mol. The highest BCUT2D eigenvalue weighted by atomic mass is 35.5. The minimum absolute atomic E-state index is 0.121. The van der Waals surface area contributed by atoms with Gasteiger partial charge in [-0.25, -0.2) is 13.1 Å². The molecule has 2 aliphatic rings. The Morgan fingerprint density at radius 2 is 1.96 bits per heavy atom. The molecule has 0 bridgehead atoms. The molecule has 5 atom stereocenters. The Morgan fingerprint density at radius 3 is 2.67 bits per heavy atom. The number of carbonyl (C=O) groups excluding carboxylic acids is 1. The highest BCUT2D eigenvalue weighted by molar-refractivity contribution is 7.90. The summed E-state index contributed by atoms with van der Waals surface area (Å²) in [5, 5.41) is 10.9. The summed E-state index contributed by atoms with van der Waals surface area (Å²) in [4.78, 5) is 15.9. The van der Waals surface area contributed by atoms with Crippen LogP contribution in [0.3, 0.4) is 0 Å². The highest BCUT2D eigenvalue weighted by Crippen LogP contribution is 2.41. The van der Waals surface area contributed by atoms with Gasteiger partial charge in [-0.3, -0.25) is 4.79 Å². The average molecular weight is 699 g/mol. The van der Waals surface area contributed by atoms with Crippen molar-refractivity contribution >= 4 is 33.2 Å². The van der Waals surface area contributed by atoms with Gasteiger partial charge in [0.2, 0.25) is 10.0 Å². The van der Waals surface area contributed by atoms with Gasteiger partial charge in [0, 0.05) is 23.7 Å². The summed E-state index contributed by atoms with van der Waals surface area (Å²) in [5.74, 6) is 0.315. The zero-order valence-corrected chi connectivity index (χ0v) is 30.6. The predicted molar refractivity (Wildman–Crippen MR) is 197 cm³/mol. The van der Waals surface area contributed by atoms with Gasteiger partial charge in [-0.1, -0.05) is 69.0 Å². The molecule has 4 rings (SSSR count). The van der Waals surface area contributed by atoms with Crippen LogP contribution in [0.1, 0.15) is 106 Å². The Morgan fingerprint density at radius 1 is 1.15 bits per heavy atom. The third kappa shape index (κ3) is 10.1. The first-order valence-electron chi connectivity index (χ1n) is 17.9. The van der Waals surface area contributed by atoms with E-state index in [0.717, 1.165) is 82.0 Å². The quantitative estimate of drug-likeness (QED) is 0.181. The second-order valence-corrected chi connectivity index (χ2v) is 16.1. The van der Waals surface area contributed by atoms with Crippen LogP contribution >= 0.6 is 11.6 Å². The van der Waals surface area contributed by atoms with E-state index >= 15 is 0 Å². The fourth-order valence-electron chi connectivity index (χ4n) is 6.94.